The van der Waals surface area contributed by atoms with E-state index in [9.17, 15) is 24.9 Å². The van der Waals surface area contributed by atoms with Crippen molar-refractivity contribution in [3.05, 3.63) is 33.1 Å². The molecule has 8 nitrogen and oxygen atoms in total. The predicted octanol–water partition coefficient (Wildman–Crippen LogP) is -2.46. The first-order chi connectivity index (χ1) is 8.41. The molecule has 0 unspecified atom stereocenters. The summed E-state index contributed by atoms with van der Waals surface area (Å²) in [5.74, 6) is 0. The highest BCUT2D eigenvalue weighted by atomic mass is 16.6. The molecular formula is C10H14N2O6. The number of aromatic amines is 1. The highest BCUT2D eigenvalue weighted by Gasteiger charge is 2.45. The van der Waals surface area contributed by atoms with Gasteiger partial charge in [0.15, 0.2) is 6.23 Å². The second-order valence-corrected chi connectivity index (χ2v) is 4.23. The van der Waals surface area contributed by atoms with Crippen molar-refractivity contribution in [1.82, 2.24) is 9.55 Å². The van der Waals surface area contributed by atoms with Gasteiger partial charge in [0.2, 0.25) is 0 Å². The van der Waals surface area contributed by atoms with Gasteiger partial charge in [0.25, 0.3) is 5.56 Å². The summed E-state index contributed by atoms with van der Waals surface area (Å²) in [6.45, 7) is 1.40. The highest BCUT2D eigenvalue weighted by Crippen LogP contribution is 2.29. The van der Waals surface area contributed by atoms with Crippen molar-refractivity contribution in [2.24, 2.45) is 0 Å². The third-order valence-corrected chi connectivity index (χ3v) is 2.88. The summed E-state index contributed by atoms with van der Waals surface area (Å²) in [6.07, 6.45) is -4.67. The van der Waals surface area contributed by atoms with Crippen molar-refractivity contribution >= 4 is 0 Å². The number of nitrogens with one attached hydrogen (secondary N) is 1. The number of aliphatic hydroxyl groups is 3. The Bertz CT molecular complexity index is 536. The van der Waals surface area contributed by atoms with E-state index in [2.05, 4.69) is 0 Å². The first-order valence-corrected chi connectivity index (χ1v) is 5.43. The van der Waals surface area contributed by atoms with Gasteiger partial charge in [-0.2, -0.15) is 0 Å². The van der Waals surface area contributed by atoms with E-state index < -0.39 is 41.9 Å². The Labute approximate surface area is 101 Å². The van der Waals surface area contributed by atoms with Crippen molar-refractivity contribution in [2.45, 2.75) is 37.6 Å². The standard InChI is InChI=1S/C10H14N2O6/c1-4(13)8-6(15)7(16)9(18-8)12-3-2-5(14)11-10(12)17/h2-4,6-9,13,15-16H,1H3,(H,11,14,17)/t4-,6+,7-,8-,9-/m1/s1. The summed E-state index contributed by atoms with van der Waals surface area (Å²) in [5, 5.41) is 28.8. The van der Waals surface area contributed by atoms with Gasteiger partial charge in [0.1, 0.15) is 18.3 Å². The molecule has 1 aliphatic heterocycles. The van der Waals surface area contributed by atoms with Crippen LogP contribution in [-0.2, 0) is 4.74 Å². The molecule has 1 fully saturated rings. The molecule has 0 aromatic carbocycles. The molecule has 8 heteroatoms. The van der Waals surface area contributed by atoms with Gasteiger partial charge in [0, 0.05) is 12.3 Å². The number of H-pyrrole nitrogens is 1. The Morgan fingerprint density at radius 3 is 2.56 bits per heavy atom. The lowest BCUT2D eigenvalue weighted by Crippen LogP contribution is -2.38. The number of rotatable bonds is 2. The lowest BCUT2D eigenvalue weighted by Gasteiger charge is -2.17. The van der Waals surface area contributed by atoms with Gasteiger partial charge in [-0.15, -0.1) is 0 Å². The zero-order valence-electron chi connectivity index (χ0n) is 9.56. The van der Waals surface area contributed by atoms with Crippen LogP contribution in [0.2, 0.25) is 0 Å². The molecule has 0 amide bonds. The minimum Gasteiger partial charge on any atom is -0.391 e. The molecule has 1 saturated heterocycles. The van der Waals surface area contributed by atoms with Gasteiger partial charge in [0.05, 0.1) is 6.10 Å². The van der Waals surface area contributed by atoms with Gasteiger partial charge in [-0.25, -0.2) is 4.79 Å². The van der Waals surface area contributed by atoms with Crippen molar-refractivity contribution < 1.29 is 20.1 Å². The van der Waals surface area contributed by atoms with Crippen LogP contribution >= 0.6 is 0 Å². The third kappa shape index (κ3) is 2.10. The zero-order chi connectivity index (χ0) is 13.4. The molecule has 2 heterocycles. The van der Waals surface area contributed by atoms with Crippen LogP contribution in [0.25, 0.3) is 0 Å². The van der Waals surface area contributed by atoms with Crippen LogP contribution in [0.3, 0.4) is 0 Å². The van der Waals surface area contributed by atoms with Gasteiger partial charge in [-0.05, 0) is 6.92 Å². The first kappa shape index (κ1) is 13.0. The van der Waals surface area contributed by atoms with E-state index in [-0.39, 0.29) is 0 Å². The average molecular weight is 258 g/mol. The van der Waals surface area contributed by atoms with Crippen LogP contribution in [0, 0.1) is 0 Å². The SMILES string of the molecule is C[C@@H](O)[C@H]1O[C@@H](n2ccc(=O)[nH]c2=O)[C@H](O)[C@@H]1O. The summed E-state index contributed by atoms with van der Waals surface area (Å²) >= 11 is 0. The maximum Gasteiger partial charge on any atom is 0.330 e. The first-order valence-electron chi connectivity index (χ1n) is 5.43. The molecule has 0 bridgehead atoms. The normalized spacial score (nSPS) is 33.6. The van der Waals surface area contributed by atoms with E-state index >= 15 is 0 Å². The quantitative estimate of drug-likeness (QED) is 0.466. The van der Waals surface area contributed by atoms with Crippen LogP contribution in [0.15, 0.2) is 21.9 Å². The molecule has 18 heavy (non-hydrogen) atoms. The lowest BCUT2D eigenvalue weighted by atomic mass is 10.1. The maximum absolute atomic E-state index is 11.5. The minimum atomic E-state index is -1.37. The summed E-state index contributed by atoms with van der Waals surface area (Å²) in [5.41, 5.74) is -1.33. The molecule has 1 aromatic heterocycles. The van der Waals surface area contributed by atoms with Crippen LogP contribution in [-0.4, -0.2) is 49.3 Å². The molecule has 2 rings (SSSR count). The van der Waals surface area contributed by atoms with Crippen LogP contribution in [0.1, 0.15) is 13.2 Å². The fourth-order valence-electron chi connectivity index (χ4n) is 1.94. The summed E-state index contributed by atoms with van der Waals surface area (Å²) in [7, 11) is 0. The molecule has 0 saturated carbocycles. The lowest BCUT2D eigenvalue weighted by molar-refractivity contribution is -0.0804. The van der Waals surface area contributed by atoms with Crippen molar-refractivity contribution in [1.29, 1.82) is 0 Å². The Hall–Kier alpha value is -1.48. The second kappa shape index (κ2) is 4.65. The van der Waals surface area contributed by atoms with Crippen LogP contribution in [0.5, 0.6) is 0 Å². The Kier molecular flexibility index (Phi) is 3.35. The van der Waals surface area contributed by atoms with E-state index in [1.807, 2.05) is 4.98 Å². The number of nitrogens with zero attached hydrogens (tertiary/aromatic N) is 1. The van der Waals surface area contributed by atoms with E-state index in [0.29, 0.717) is 0 Å². The monoisotopic (exact) mass is 258 g/mol. The Morgan fingerprint density at radius 1 is 1.39 bits per heavy atom. The number of aromatic nitrogens is 2. The van der Waals surface area contributed by atoms with Crippen LogP contribution in [0.4, 0.5) is 0 Å². The largest absolute Gasteiger partial charge is 0.391 e. The molecule has 0 spiro atoms. The second-order valence-electron chi connectivity index (χ2n) is 4.23. The molecule has 1 aliphatic rings. The average Bonchev–Trinajstić information content (AvgIpc) is 2.57. The molecule has 100 valence electrons. The number of aliphatic hydroxyl groups excluding tert-OH is 3. The third-order valence-electron chi connectivity index (χ3n) is 2.88. The highest BCUT2D eigenvalue weighted by molar-refractivity contribution is 4.94. The van der Waals surface area contributed by atoms with Gasteiger partial charge in [-0.1, -0.05) is 0 Å². The summed E-state index contributed by atoms with van der Waals surface area (Å²) in [6, 6.07) is 1.10. The predicted molar refractivity (Wildman–Crippen MR) is 58.9 cm³/mol. The van der Waals surface area contributed by atoms with Gasteiger partial charge in [-0.3, -0.25) is 14.3 Å². The summed E-state index contributed by atoms with van der Waals surface area (Å²) < 4.78 is 6.20. The molecule has 5 atom stereocenters. The molecule has 0 aliphatic carbocycles. The van der Waals surface area contributed by atoms with E-state index in [4.69, 9.17) is 4.74 Å². The number of hydrogen-bond acceptors (Lipinski definition) is 6. The maximum atomic E-state index is 11.5. The Balaban J connectivity index is 2.35. The number of hydrogen-bond donors (Lipinski definition) is 4. The number of ether oxygens (including phenoxy) is 1. The zero-order valence-corrected chi connectivity index (χ0v) is 9.56. The minimum absolute atomic E-state index is 0.573. The van der Waals surface area contributed by atoms with Gasteiger partial charge >= 0.3 is 5.69 Å². The fourth-order valence-corrected chi connectivity index (χ4v) is 1.94. The molecule has 0 radical (unpaired) electrons. The fraction of sp³-hybridized carbons (Fsp3) is 0.600. The van der Waals surface area contributed by atoms with Gasteiger partial charge < -0.3 is 20.1 Å². The van der Waals surface area contributed by atoms with E-state index in [0.717, 1.165) is 16.8 Å². The van der Waals surface area contributed by atoms with Crippen molar-refractivity contribution in [2.75, 3.05) is 0 Å². The van der Waals surface area contributed by atoms with Crippen molar-refractivity contribution in [3.8, 4) is 0 Å². The van der Waals surface area contributed by atoms with E-state index in [1.165, 1.54) is 6.92 Å². The smallest absolute Gasteiger partial charge is 0.330 e. The van der Waals surface area contributed by atoms with Crippen molar-refractivity contribution in [3.63, 3.8) is 0 Å². The summed E-state index contributed by atoms with van der Waals surface area (Å²) in [4.78, 5) is 24.5. The topological polar surface area (TPSA) is 125 Å². The molecular weight excluding hydrogens is 244 g/mol. The molecule has 4 N–H and O–H groups in total. The Morgan fingerprint density at radius 2 is 2.06 bits per heavy atom. The van der Waals surface area contributed by atoms with E-state index in [1.54, 1.807) is 0 Å². The molecule has 1 aromatic rings. The van der Waals surface area contributed by atoms with Crippen LogP contribution < -0.4 is 11.2 Å².